The van der Waals surface area contributed by atoms with Crippen molar-refractivity contribution in [2.45, 2.75) is 45.3 Å². The standard InChI is InChI=1S/C19H25FN4/c1-2-19-21-10-9-16(23-19)12-22-17-7-5-11-24(14-17)13-15-6-3-4-8-18(15)20/h3-4,6,8-10,17,22H,2,5,7,11-14H2,1H3. The lowest BCUT2D eigenvalue weighted by Gasteiger charge is -2.33. The maximum atomic E-state index is 13.8. The lowest BCUT2D eigenvalue weighted by atomic mass is 10.0. The smallest absolute Gasteiger partial charge is 0.128 e. The lowest BCUT2D eigenvalue weighted by molar-refractivity contribution is 0.180. The molecule has 128 valence electrons. The van der Waals surface area contributed by atoms with Gasteiger partial charge in [0.2, 0.25) is 0 Å². The predicted molar refractivity (Wildman–Crippen MR) is 92.9 cm³/mol. The van der Waals surface area contributed by atoms with Crippen molar-refractivity contribution in [2.24, 2.45) is 0 Å². The van der Waals surface area contributed by atoms with Crippen LogP contribution >= 0.6 is 0 Å². The van der Waals surface area contributed by atoms with Crippen molar-refractivity contribution in [1.82, 2.24) is 20.2 Å². The zero-order chi connectivity index (χ0) is 16.8. The Hall–Kier alpha value is -1.85. The molecular weight excluding hydrogens is 303 g/mol. The third kappa shape index (κ3) is 4.58. The van der Waals surface area contributed by atoms with Gasteiger partial charge in [0.25, 0.3) is 0 Å². The molecule has 1 saturated heterocycles. The zero-order valence-electron chi connectivity index (χ0n) is 14.2. The van der Waals surface area contributed by atoms with Gasteiger partial charge in [-0.15, -0.1) is 0 Å². The first-order valence-corrected chi connectivity index (χ1v) is 8.74. The van der Waals surface area contributed by atoms with Crippen LogP contribution in [0.4, 0.5) is 4.39 Å². The van der Waals surface area contributed by atoms with Gasteiger partial charge in [-0.3, -0.25) is 4.90 Å². The van der Waals surface area contributed by atoms with E-state index in [9.17, 15) is 4.39 Å². The zero-order valence-corrected chi connectivity index (χ0v) is 14.2. The molecule has 0 saturated carbocycles. The fourth-order valence-corrected chi connectivity index (χ4v) is 3.19. The van der Waals surface area contributed by atoms with Crippen molar-refractivity contribution in [3.63, 3.8) is 0 Å². The number of rotatable bonds is 6. The van der Waals surface area contributed by atoms with Crippen LogP contribution in [0.25, 0.3) is 0 Å². The normalized spacial score (nSPS) is 18.7. The monoisotopic (exact) mass is 328 g/mol. The second kappa shape index (κ2) is 8.31. The van der Waals surface area contributed by atoms with Gasteiger partial charge >= 0.3 is 0 Å². The topological polar surface area (TPSA) is 41.1 Å². The largest absolute Gasteiger partial charge is 0.307 e. The van der Waals surface area contributed by atoms with Crippen molar-refractivity contribution >= 4 is 0 Å². The van der Waals surface area contributed by atoms with Gasteiger partial charge in [-0.1, -0.05) is 25.1 Å². The summed E-state index contributed by atoms with van der Waals surface area (Å²) in [7, 11) is 0. The fourth-order valence-electron chi connectivity index (χ4n) is 3.19. The van der Waals surface area contributed by atoms with Gasteiger partial charge in [-0.2, -0.15) is 0 Å². The maximum absolute atomic E-state index is 13.8. The number of nitrogens with one attached hydrogen (secondary N) is 1. The third-order valence-electron chi connectivity index (χ3n) is 4.51. The van der Waals surface area contributed by atoms with E-state index in [0.717, 1.165) is 56.0 Å². The Bertz CT molecular complexity index is 661. The summed E-state index contributed by atoms with van der Waals surface area (Å²) in [5.41, 5.74) is 1.81. The highest BCUT2D eigenvalue weighted by molar-refractivity contribution is 5.17. The second-order valence-electron chi connectivity index (χ2n) is 6.36. The highest BCUT2D eigenvalue weighted by Crippen LogP contribution is 2.16. The average molecular weight is 328 g/mol. The Morgan fingerprint density at radius 1 is 1.29 bits per heavy atom. The minimum absolute atomic E-state index is 0.110. The van der Waals surface area contributed by atoms with E-state index in [4.69, 9.17) is 0 Å². The molecular formula is C19H25FN4. The van der Waals surface area contributed by atoms with Gasteiger partial charge in [0.1, 0.15) is 11.6 Å². The predicted octanol–water partition coefficient (Wildman–Crippen LogP) is 2.93. The first kappa shape index (κ1) is 17.0. The van der Waals surface area contributed by atoms with Crippen LogP contribution in [-0.2, 0) is 19.5 Å². The molecule has 0 bridgehead atoms. The van der Waals surface area contributed by atoms with Crippen LogP contribution < -0.4 is 5.32 Å². The molecule has 2 heterocycles. The molecule has 1 N–H and O–H groups in total. The second-order valence-corrected chi connectivity index (χ2v) is 6.36. The molecule has 2 aromatic rings. The minimum Gasteiger partial charge on any atom is -0.307 e. The first-order chi connectivity index (χ1) is 11.7. The van der Waals surface area contributed by atoms with Gasteiger partial charge in [-0.25, -0.2) is 14.4 Å². The molecule has 0 aliphatic carbocycles. The van der Waals surface area contributed by atoms with E-state index >= 15 is 0 Å². The average Bonchev–Trinajstić information content (AvgIpc) is 2.62. The Labute approximate surface area is 143 Å². The quantitative estimate of drug-likeness (QED) is 0.885. The molecule has 1 aromatic heterocycles. The highest BCUT2D eigenvalue weighted by Gasteiger charge is 2.20. The van der Waals surface area contributed by atoms with E-state index in [0.29, 0.717) is 12.6 Å². The number of piperidine rings is 1. The number of nitrogens with zero attached hydrogens (tertiary/aromatic N) is 3. The Morgan fingerprint density at radius 2 is 2.17 bits per heavy atom. The molecule has 4 nitrogen and oxygen atoms in total. The molecule has 0 radical (unpaired) electrons. The molecule has 0 spiro atoms. The van der Waals surface area contributed by atoms with E-state index < -0.39 is 0 Å². The molecule has 0 amide bonds. The molecule has 24 heavy (non-hydrogen) atoms. The van der Waals surface area contributed by atoms with Crippen LogP contribution in [0.2, 0.25) is 0 Å². The van der Waals surface area contributed by atoms with E-state index in [1.54, 1.807) is 6.07 Å². The number of hydrogen-bond acceptors (Lipinski definition) is 4. The van der Waals surface area contributed by atoms with Crippen LogP contribution in [0.15, 0.2) is 36.5 Å². The number of aromatic nitrogens is 2. The van der Waals surface area contributed by atoms with Crippen molar-refractivity contribution in [3.8, 4) is 0 Å². The van der Waals surface area contributed by atoms with E-state index in [-0.39, 0.29) is 5.82 Å². The van der Waals surface area contributed by atoms with Gasteiger partial charge in [-0.05, 0) is 31.5 Å². The number of halogens is 1. The Balaban J connectivity index is 1.53. The Kier molecular flexibility index (Phi) is 5.88. The molecule has 1 unspecified atom stereocenters. The highest BCUT2D eigenvalue weighted by atomic mass is 19.1. The summed E-state index contributed by atoms with van der Waals surface area (Å²) >= 11 is 0. The molecule has 1 aliphatic heterocycles. The van der Waals surface area contributed by atoms with E-state index in [2.05, 4.69) is 27.1 Å². The maximum Gasteiger partial charge on any atom is 0.128 e. The third-order valence-corrected chi connectivity index (χ3v) is 4.51. The summed E-state index contributed by atoms with van der Waals surface area (Å²) in [6.45, 7) is 5.47. The van der Waals surface area contributed by atoms with Gasteiger partial charge in [0, 0.05) is 43.9 Å². The minimum atomic E-state index is -0.110. The fraction of sp³-hybridized carbons (Fsp3) is 0.474. The number of hydrogen-bond donors (Lipinski definition) is 1. The van der Waals surface area contributed by atoms with E-state index in [1.807, 2.05) is 24.4 Å². The summed E-state index contributed by atoms with van der Waals surface area (Å²) in [6, 6.07) is 9.44. The summed E-state index contributed by atoms with van der Waals surface area (Å²) < 4.78 is 13.8. The van der Waals surface area contributed by atoms with Crippen molar-refractivity contribution < 1.29 is 4.39 Å². The van der Waals surface area contributed by atoms with Crippen LogP contribution in [0.5, 0.6) is 0 Å². The summed E-state index contributed by atoms with van der Waals surface area (Å²) in [5.74, 6) is 0.778. The van der Waals surface area contributed by atoms with Gasteiger partial charge in [0.05, 0.1) is 5.69 Å². The van der Waals surface area contributed by atoms with Crippen LogP contribution in [0, 0.1) is 5.82 Å². The lowest BCUT2D eigenvalue weighted by Crippen LogP contribution is -2.45. The van der Waals surface area contributed by atoms with E-state index in [1.165, 1.54) is 6.07 Å². The Morgan fingerprint density at radius 3 is 3.00 bits per heavy atom. The molecule has 5 heteroatoms. The molecule has 3 rings (SSSR count). The summed E-state index contributed by atoms with van der Waals surface area (Å²) in [4.78, 5) is 11.1. The number of likely N-dealkylation sites (tertiary alicyclic amines) is 1. The SMILES string of the molecule is CCc1nccc(CNC2CCCN(Cc3ccccc3F)C2)n1. The van der Waals surface area contributed by atoms with Crippen LogP contribution in [-0.4, -0.2) is 34.0 Å². The number of benzene rings is 1. The van der Waals surface area contributed by atoms with Crippen LogP contribution in [0.1, 0.15) is 36.8 Å². The van der Waals surface area contributed by atoms with Gasteiger partial charge < -0.3 is 5.32 Å². The molecule has 1 atom stereocenters. The molecule has 1 aliphatic rings. The molecule has 1 aromatic carbocycles. The molecule has 1 fully saturated rings. The summed E-state index contributed by atoms with van der Waals surface area (Å²) in [6.07, 6.45) is 4.97. The van der Waals surface area contributed by atoms with Gasteiger partial charge in [0.15, 0.2) is 0 Å². The van der Waals surface area contributed by atoms with Crippen LogP contribution in [0.3, 0.4) is 0 Å². The number of aryl methyl sites for hydroxylation is 1. The first-order valence-electron chi connectivity index (χ1n) is 8.74. The van der Waals surface area contributed by atoms with Crippen molar-refractivity contribution in [3.05, 3.63) is 59.4 Å². The summed E-state index contributed by atoms with van der Waals surface area (Å²) in [5, 5.41) is 3.59. The van der Waals surface area contributed by atoms with Crippen molar-refractivity contribution in [1.29, 1.82) is 0 Å². The van der Waals surface area contributed by atoms with Crippen molar-refractivity contribution in [2.75, 3.05) is 13.1 Å².